The zero-order chi connectivity index (χ0) is 22.1. The number of nitro benzene ring substituents is 1. The number of aromatic nitrogens is 1. The molecule has 10 heteroatoms. The number of furan rings is 1. The minimum Gasteiger partial charge on any atom is -0.492 e. The lowest BCUT2D eigenvalue weighted by Gasteiger charge is -2.09. The Morgan fingerprint density at radius 1 is 1.09 bits per heavy atom. The maximum absolute atomic E-state index is 11.5. The van der Waals surface area contributed by atoms with Gasteiger partial charge in [0.05, 0.1) is 38.8 Å². The van der Waals surface area contributed by atoms with Crippen LogP contribution < -0.4 is 10.4 Å². The Labute approximate surface area is 189 Å². The molecular weight excluding hydrogens is 452 g/mol. The molecule has 0 atom stereocenters. The van der Waals surface area contributed by atoms with E-state index in [-0.39, 0.29) is 5.69 Å². The van der Waals surface area contributed by atoms with Crippen LogP contribution in [-0.2, 0) is 0 Å². The Kier molecular flexibility index (Phi) is 5.54. The Morgan fingerprint density at radius 2 is 1.97 bits per heavy atom. The molecule has 0 unspecified atom stereocenters. The number of unbranched alkanes of at least 4 members (excludes halogenated alkanes) is 1. The van der Waals surface area contributed by atoms with Crippen molar-refractivity contribution < 1.29 is 18.5 Å². The summed E-state index contributed by atoms with van der Waals surface area (Å²) in [5.41, 5.74) is 1.47. The van der Waals surface area contributed by atoms with Crippen LogP contribution in [0, 0.1) is 10.1 Å². The van der Waals surface area contributed by atoms with Gasteiger partial charge in [0.15, 0.2) is 4.34 Å². The first-order valence-electron chi connectivity index (χ1n) is 9.83. The summed E-state index contributed by atoms with van der Waals surface area (Å²) in [5, 5.41) is 12.5. The number of nitro groups is 1. The highest BCUT2D eigenvalue weighted by atomic mass is 32.2. The molecule has 3 aromatic heterocycles. The second-order valence-electron chi connectivity index (χ2n) is 7.00. The van der Waals surface area contributed by atoms with Crippen molar-refractivity contribution in [1.29, 1.82) is 0 Å². The second-order valence-corrected chi connectivity index (χ2v) is 9.37. The molecule has 0 saturated heterocycles. The molecule has 5 aromatic rings. The van der Waals surface area contributed by atoms with Gasteiger partial charge in [-0.05, 0) is 31.0 Å². The summed E-state index contributed by atoms with van der Waals surface area (Å²) in [6.45, 7) is 0.505. The van der Waals surface area contributed by atoms with Crippen molar-refractivity contribution in [2.45, 2.75) is 17.2 Å². The van der Waals surface area contributed by atoms with E-state index >= 15 is 0 Å². The van der Waals surface area contributed by atoms with Crippen LogP contribution in [0.5, 0.6) is 5.75 Å². The number of thiazole rings is 1. The van der Waals surface area contributed by atoms with E-state index in [1.54, 1.807) is 42.3 Å². The minimum atomic E-state index is -0.421. The van der Waals surface area contributed by atoms with Crippen molar-refractivity contribution in [3.05, 3.63) is 69.3 Å². The van der Waals surface area contributed by atoms with Gasteiger partial charge in [-0.25, -0.2) is 9.78 Å². The van der Waals surface area contributed by atoms with Crippen LogP contribution in [0.1, 0.15) is 12.8 Å². The van der Waals surface area contributed by atoms with Gasteiger partial charge in [0.2, 0.25) is 0 Å². The molecule has 0 aliphatic carbocycles. The van der Waals surface area contributed by atoms with Gasteiger partial charge >= 0.3 is 5.63 Å². The average Bonchev–Trinajstić information content (AvgIpc) is 3.40. The van der Waals surface area contributed by atoms with Crippen LogP contribution in [-0.4, -0.2) is 22.3 Å². The molecule has 5 rings (SSSR count). The normalized spacial score (nSPS) is 11.5. The third kappa shape index (κ3) is 4.06. The van der Waals surface area contributed by atoms with Gasteiger partial charge in [0, 0.05) is 30.0 Å². The highest BCUT2D eigenvalue weighted by Gasteiger charge is 2.14. The lowest BCUT2D eigenvalue weighted by atomic mass is 10.1. The van der Waals surface area contributed by atoms with Gasteiger partial charge < -0.3 is 13.6 Å². The number of hydrogen-bond donors (Lipinski definition) is 0. The molecule has 0 bridgehead atoms. The Balaban J connectivity index is 1.19. The molecule has 0 fully saturated rings. The molecule has 162 valence electrons. The van der Waals surface area contributed by atoms with Crippen molar-refractivity contribution in [1.82, 2.24) is 4.98 Å². The topological polar surface area (TPSA) is 109 Å². The third-order valence-corrected chi connectivity index (χ3v) is 7.13. The number of hydrogen-bond acceptors (Lipinski definition) is 9. The first-order valence-corrected chi connectivity index (χ1v) is 11.6. The fourth-order valence-corrected chi connectivity index (χ4v) is 5.54. The standard InChI is InChI=1S/C22H16N2O6S2/c25-20-6-4-14-18(30-20)12-17-15(7-9-28-17)21(14)29-8-1-2-10-31-22-23-16-5-3-13(24(26)27)11-19(16)32-22/h3-7,9,11-12H,1-2,8,10H2. The summed E-state index contributed by atoms with van der Waals surface area (Å²) < 4.78 is 18.5. The minimum absolute atomic E-state index is 0.0780. The van der Waals surface area contributed by atoms with Gasteiger partial charge in [-0.2, -0.15) is 0 Å². The van der Waals surface area contributed by atoms with E-state index in [9.17, 15) is 14.9 Å². The zero-order valence-corrected chi connectivity index (χ0v) is 18.2. The number of ether oxygens (including phenoxy) is 1. The highest BCUT2D eigenvalue weighted by molar-refractivity contribution is 8.01. The van der Waals surface area contributed by atoms with Crippen molar-refractivity contribution in [3.8, 4) is 5.75 Å². The zero-order valence-electron chi connectivity index (χ0n) is 16.6. The molecule has 3 heterocycles. The maximum atomic E-state index is 11.5. The largest absolute Gasteiger partial charge is 0.492 e. The Morgan fingerprint density at radius 3 is 2.84 bits per heavy atom. The summed E-state index contributed by atoms with van der Waals surface area (Å²) in [7, 11) is 0. The lowest BCUT2D eigenvalue weighted by Crippen LogP contribution is -2.01. The predicted molar refractivity (Wildman–Crippen MR) is 124 cm³/mol. The molecule has 32 heavy (non-hydrogen) atoms. The van der Waals surface area contributed by atoms with E-state index < -0.39 is 10.5 Å². The SMILES string of the molecule is O=c1ccc2c(OCCCCSc3nc4ccc([N+](=O)[O-])cc4s3)c3ccoc3cc2o1. The van der Waals surface area contributed by atoms with E-state index in [1.807, 2.05) is 6.07 Å². The maximum Gasteiger partial charge on any atom is 0.336 e. The first-order chi connectivity index (χ1) is 15.6. The Bertz CT molecular complexity index is 1500. The molecule has 8 nitrogen and oxygen atoms in total. The number of nitrogens with zero attached hydrogens (tertiary/aromatic N) is 2. The van der Waals surface area contributed by atoms with Crippen molar-refractivity contribution >= 4 is 60.9 Å². The van der Waals surface area contributed by atoms with E-state index in [0.717, 1.165) is 43.9 Å². The molecule has 0 spiro atoms. The fraction of sp³-hybridized carbons (Fsp3) is 0.182. The molecule has 0 aliphatic heterocycles. The van der Waals surface area contributed by atoms with Gasteiger partial charge in [-0.1, -0.05) is 11.8 Å². The Hall–Kier alpha value is -3.37. The molecule has 2 aromatic carbocycles. The van der Waals surface area contributed by atoms with E-state index in [2.05, 4.69) is 4.98 Å². The number of fused-ring (bicyclic) bond motifs is 3. The third-order valence-electron chi connectivity index (χ3n) is 4.88. The van der Waals surface area contributed by atoms with E-state index in [0.29, 0.717) is 23.5 Å². The molecule has 0 amide bonds. The lowest BCUT2D eigenvalue weighted by molar-refractivity contribution is -0.384. The van der Waals surface area contributed by atoms with Crippen LogP contribution in [0.25, 0.3) is 32.2 Å². The van der Waals surface area contributed by atoms with Crippen LogP contribution >= 0.6 is 23.1 Å². The number of thioether (sulfide) groups is 1. The first kappa shape index (κ1) is 20.5. The summed E-state index contributed by atoms with van der Waals surface area (Å²) >= 11 is 3.10. The molecule has 0 saturated carbocycles. The number of rotatable bonds is 8. The highest BCUT2D eigenvalue weighted by Crippen LogP contribution is 2.35. The van der Waals surface area contributed by atoms with E-state index in [4.69, 9.17) is 13.6 Å². The summed E-state index contributed by atoms with van der Waals surface area (Å²) in [4.78, 5) is 26.6. The van der Waals surface area contributed by atoms with Crippen molar-refractivity contribution in [3.63, 3.8) is 0 Å². The van der Waals surface area contributed by atoms with Gasteiger partial charge in [0.1, 0.15) is 16.9 Å². The summed E-state index contributed by atoms with van der Waals surface area (Å²) in [6.07, 6.45) is 3.32. The van der Waals surface area contributed by atoms with E-state index in [1.165, 1.54) is 23.5 Å². The predicted octanol–water partition coefficient (Wildman–Crippen LogP) is 6.01. The quantitative estimate of drug-likeness (QED) is 0.0896. The van der Waals surface area contributed by atoms with Crippen LogP contribution in [0.4, 0.5) is 5.69 Å². The summed E-state index contributed by atoms with van der Waals surface area (Å²) in [6, 6.07) is 11.3. The average molecular weight is 469 g/mol. The molecule has 0 radical (unpaired) electrons. The second kappa shape index (κ2) is 8.64. The van der Waals surface area contributed by atoms with Crippen LogP contribution in [0.3, 0.4) is 0 Å². The fourth-order valence-electron chi connectivity index (χ4n) is 3.37. The van der Waals surface area contributed by atoms with Gasteiger partial charge in [-0.15, -0.1) is 11.3 Å². The van der Waals surface area contributed by atoms with Crippen molar-refractivity contribution in [2.75, 3.05) is 12.4 Å². The van der Waals surface area contributed by atoms with Crippen LogP contribution in [0.2, 0.25) is 0 Å². The number of benzene rings is 2. The van der Waals surface area contributed by atoms with Crippen molar-refractivity contribution in [2.24, 2.45) is 0 Å². The van der Waals surface area contributed by atoms with Gasteiger partial charge in [-0.3, -0.25) is 10.1 Å². The monoisotopic (exact) mass is 468 g/mol. The summed E-state index contributed by atoms with van der Waals surface area (Å²) in [5.74, 6) is 1.51. The number of non-ortho nitro benzene ring substituents is 1. The molecular formula is C22H16N2O6S2. The smallest absolute Gasteiger partial charge is 0.336 e. The molecule has 0 N–H and O–H groups in total. The molecule has 0 aliphatic rings. The van der Waals surface area contributed by atoms with Gasteiger partial charge in [0.25, 0.3) is 5.69 Å². The van der Waals surface area contributed by atoms with Crippen LogP contribution in [0.15, 0.2) is 66.7 Å².